The largest absolute Gasteiger partial charge is 0.594 e. The molecule has 0 saturated carbocycles. The molecule has 9 heteroatoms. The van der Waals surface area contributed by atoms with E-state index in [1.165, 1.54) is 6.07 Å². The van der Waals surface area contributed by atoms with E-state index >= 15 is 0 Å². The number of benzene rings is 1. The Hall–Kier alpha value is -2.97. The summed E-state index contributed by atoms with van der Waals surface area (Å²) in [6, 6.07) is 4.65. The van der Waals surface area contributed by atoms with Crippen molar-refractivity contribution in [2.45, 2.75) is 45.1 Å². The Bertz CT molecular complexity index is 885. The van der Waals surface area contributed by atoms with Crippen LogP contribution in [0, 0.1) is 5.21 Å². The van der Waals surface area contributed by atoms with Gasteiger partial charge in [-0.1, -0.05) is 6.07 Å². The number of hydrogen-bond acceptors (Lipinski definition) is 6. The number of piperidine rings is 1. The highest BCUT2D eigenvalue weighted by Crippen LogP contribution is 2.27. The molecule has 0 radical (unpaired) electrons. The van der Waals surface area contributed by atoms with Gasteiger partial charge in [-0.25, -0.2) is 9.78 Å². The summed E-state index contributed by atoms with van der Waals surface area (Å²) in [5, 5.41) is 16.3. The molecule has 0 unspecified atom stereocenters. The number of amides is 2. The van der Waals surface area contributed by atoms with Gasteiger partial charge in [-0.2, -0.15) is 0 Å². The molecule has 1 aromatic heterocycles. The van der Waals surface area contributed by atoms with Crippen molar-refractivity contribution in [3.8, 4) is 0 Å². The fraction of sp³-hybridized carbons (Fsp3) is 0.500. The minimum Gasteiger partial charge on any atom is -0.594 e. The molecule has 0 bridgehead atoms. The van der Waals surface area contributed by atoms with Gasteiger partial charge in [0.1, 0.15) is 5.60 Å². The van der Waals surface area contributed by atoms with Crippen molar-refractivity contribution >= 4 is 23.0 Å². The number of likely N-dealkylation sites (tertiary alicyclic amines) is 1. The average molecular weight is 373 g/mol. The van der Waals surface area contributed by atoms with E-state index in [0.29, 0.717) is 36.6 Å². The maximum absolute atomic E-state index is 12.3. The molecular formula is C18H23N5O4. The standard InChI is InChI=1S/C18H23N5O4/c1-18(2,3)27-17(25)22-9-7-11(8-10-22)16-20-14-12(15(19)24)5-4-6-13(14)23(26)21-16/h4-6,11H,7-10H2,1-3H3,(H2,19,24). The third kappa shape index (κ3) is 4.07. The lowest BCUT2D eigenvalue weighted by atomic mass is 9.96. The molecule has 9 nitrogen and oxygen atoms in total. The number of ether oxygens (including phenoxy) is 1. The van der Waals surface area contributed by atoms with Crippen molar-refractivity contribution in [1.82, 2.24) is 15.0 Å². The van der Waals surface area contributed by atoms with E-state index in [0.717, 1.165) is 0 Å². The molecule has 1 aliphatic heterocycles. The molecular weight excluding hydrogens is 350 g/mol. The van der Waals surface area contributed by atoms with Gasteiger partial charge in [0.05, 0.1) is 5.56 Å². The van der Waals surface area contributed by atoms with Gasteiger partial charge >= 0.3 is 6.09 Å². The Morgan fingerprint density at radius 3 is 2.56 bits per heavy atom. The minimum absolute atomic E-state index is 0.0887. The minimum atomic E-state index is -0.648. The topological polar surface area (TPSA) is 125 Å². The van der Waals surface area contributed by atoms with E-state index in [1.807, 2.05) is 20.8 Å². The second-order valence-corrected chi connectivity index (χ2v) is 7.62. The first-order valence-corrected chi connectivity index (χ1v) is 8.84. The molecule has 2 heterocycles. The lowest BCUT2D eigenvalue weighted by Crippen LogP contribution is -2.42. The molecule has 1 aromatic carbocycles. The summed E-state index contributed by atoms with van der Waals surface area (Å²) in [6.07, 6.45) is 0.850. The highest BCUT2D eigenvalue weighted by molar-refractivity contribution is 6.03. The number of rotatable bonds is 2. The van der Waals surface area contributed by atoms with Crippen molar-refractivity contribution in [3.63, 3.8) is 0 Å². The van der Waals surface area contributed by atoms with Crippen LogP contribution >= 0.6 is 0 Å². The Balaban J connectivity index is 1.80. The van der Waals surface area contributed by atoms with Crippen LogP contribution in [-0.4, -0.2) is 45.7 Å². The highest BCUT2D eigenvalue weighted by Gasteiger charge is 2.30. The van der Waals surface area contributed by atoms with Crippen LogP contribution in [0.4, 0.5) is 4.79 Å². The molecule has 0 aliphatic carbocycles. The second-order valence-electron chi connectivity index (χ2n) is 7.62. The third-order valence-electron chi connectivity index (χ3n) is 4.42. The Morgan fingerprint density at radius 2 is 1.96 bits per heavy atom. The first-order valence-electron chi connectivity index (χ1n) is 8.84. The molecule has 27 heavy (non-hydrogen) atoms. The molecule has 1 saturated heterocycles. The highest BCUT2D eigenvalue weighted by atomic mass is 16.6. The van der Waals surface area contributed by atoms with E-state index < -0.39 is 11.5 Å². The smallest absolute Gasteiger partial charge is 0.410 e. The van der Waals surface area contributed by atoms with Crippen molar-refractivity contribution < 1.29 is 19.2 Å². The Morgan fingerprint density at radius 1 is 1.30 bits per heavy atom. The van der Waals surface area contributed by atoms with Crippen LogP contribution in [0.1, 0.15) is 55.7 Å². The number of fused-ring (bicyclic) bond motifs is 1. The van der Waals surface area contributed by atoms with Crippen LogP contribution in [0.2, 0.25) is 0 Å². The van der Waals surface area contributed by atoms with Gasteiger partial charge in [0.25, 0.3) is 11.4 Å². The van der Waals surface area contributed by atoms with Crippen molar-refractivity contribution in [2.24, 2.45) is 5.73 Å². The van der Waals surface area contributed by atoms with E-state index in [4.69, 9.17) is 10.5 Å². The van der Waals surface area contributed by atoms with Crippen molar-refractivity contribution in [3.05, 3.63) is 34.8 Å². The SMILES string of the molecule is CC(C)(C)OC(=O)N1CCC(c2nc3c(C(N)=O)cccc3[n+]([O-])n2)CC1. The number of carbonyl (C=O) groups excluding carboxylic acids is 2. The molecule has 144 valence electrons. The molecule has 2 aromatic rings. The van der Waals surface area contributed by atoms with Gasteiger partial charge in [-0.3, -0.25) is 4.79 Å². The second kappa shape index (κ2) is 6.98. The van der Waals surface area contributed by atoms with Gasteiger partial charge in [-0.15, -0.1) is 0 Å². The number of para-hydroxylation sites is 1. The first-order chi connectivity index (χ1) is 12.7. The molecule has 2 N–H and O–H groups in total. The number of hydrogen-bond donors (Lipinski definition) is 1. The number of primary amides is 1. The molecule has 3 rings (SSSR count). The van der Waals surface area contributed by atoms with Gasteiger partial charge in [0.2, 0.25) is 5.82 Å². The molecule has 0 atom stereocenters. The van der Waals surface area contributed by atoms with Crippen LogP contribution < -0.4 is 10.6 Å². The number of aromatic nitrogens is 3. The van der Waals surface area contributed by atoms with E-state index in [1.54, 1.807) is 17.0 Å². The lowest BCUT2D eigenvalue weighted by Gasteiger charge is -2.32. The summed E-state index contributed by atoms with van der Waals surface area (Å²) in [7, 11) is 0. The van der Waals surface area contributed by atoms with Gasteiger partial charge < -0.3 is 20.6 Å². The van der Waals surface area contributed by atoms with Crippen LogP contribution in [-0.2, 0) is 4.74 Å². The molecule has 0 spiro atoms. The van der Waals surface area contributed by atoms with Crippen LogP contribution in [0.5, 0.6) is 0 Å². The van der Waals surface area contributed by atoms with Crippen LogP contribution in [0.25, 0.3) is 11.0 Å². The monoisotopic (exact) mass is 373 g/mol. The zero-order valence-corrected chi connectivity index (χ0v) is 15.6. The number of nitrogens with zero attached hydrogens (tertiary/aromatic N) is 4. The summed E-state index contributed by atoms with van der Waals surface area (Å²) in [5.41, 5.74) is 5.48. The van der Waals surface area contributed by atoms with Crippen LogP contribution in [0.15, 0.2) is 18.2 Å². The van der Waals surface area contributed by atoms with Crippen molar-refractivity contribution in [1.29, 1.82) is 0 Å². The lowest BCUT2D eigenvalue weighted by molar-refractivity contribution is -0.644. The fourth-order valence-corrected chi connectivity index (χ4v) is 3.11. The Labute approximate surface area is 156 Å². The maximum atomic E-state index is 12.3. The zero-order valence-electron chi connectivity index (χ0n) is 15.6. The van der Waals surface area contributed by atoms with E-state index in [2.05, 4.69) is 10.1 Å². The third-order valence-corrected chi connectivity index (χ3v) is 4.42. The predicted octanol–water partition coefficient (Wildman–Crippen LogP) is 1.48. The van der Waals surface area contributed by atoms with Crippen LogP contribution in [0.3, 0.4) is 0 Å². The summed E-state index contributed by atoms with van der Waals surface area (Å²) >= 11 is 0. The normalized spacial score (nSPS) is 15.7. The fourth-order valence-electron chi connectivity index (χ4n) is 3.11. The summed E-state index contributed by atoms with van der Waals surface area (Å²) in [4.78, 5) is 30.4. The Kier molecular flexibility index (Phi) is 4.86. The van der Waals surface area contributed by atoms with E-state index in [-0.39, 0.29) is 28.6 Å². The quantitative estimate of drug-likeness (QED) is 0.628. The molecule has 1 aliphatic rings. The summed E-state index contributed by atoms with van der Waals surface area (Å²) in [5.74, 6) is -0.380. The van der Waals surface area contributed by atoms with Gasteiger partial charge in [-0.05, 0) is 44.5 Å². The summed E-state index contributed by atoms with van der Waals surface area (Å²) in [6.45, 7) is 6.44. The zero-order chi connectivity index (χ0) is 19.8. The van der Waals surface area contributed by atoms with Gasteiger partial charge in [0.15, 0.2) is 5.52 Å². The molecule has 1 fully saturated rings. The maximum Gasteiger partial charge on any atom is 0.410 e. The van der Waals surface area contributed by atoms with Gasteiger partial charge in [0, 0.05) is 30.2 Å². The van der Waals surface area contributed by atoms with E-state index in [9.17, 15) is 14.8 Å². The van der Waals surface area contributed by atoms with Crippen molar-refractivity contribution in [2.75, 3.05) is 13.1 Å². The number of nitrogens with two attached hydrogens (primary N) is 1. The predicted molar refractivity (Wildman–Crippen MR) is 96.8 cm³/mol. The average Bonchev–Trinajstić information content (AvgIpc) is 2.59. The summed E-state index contributed by atoms with van der Waals surface area (Å²) < 4.78 is 5.39. The first kappa shape index (κ1) is 18.8. The number of carbonyl (C=O) groups is 2. The molecule has 2 amide bonds.